The van der Waals surface area contributed by atoms with E-state index in [1.165, 1.54) is 29.0 Å². The summed E-state index contributed by atoms with van der Waals surface area (Å²) in [6, 6.07) is 25.3. The average molecular weight is 389 g/mol. The van der Waals surface area contributed by atoms with E-state index >= 15 is 0 Å². The van der Waals surface area contributed by atoms with Crippen molar-refractivity contribution in [3.05, 3.63) is 107 Å². The number of halogens is 1. The first-order valence-corrected chi connectivity index (χ1v) is 10.1. The third-order valence-corrected chi connectivity index (χ3v) is 5.46. The molecule has 1 heterocycles. The van der Waals surface area contributed by atoms with E-state index in [-0.39, 0.29) is 5.82 Å². The van der Waals surface area contributed by atoms with E-state index in [2.05, 4.69) is 52.0 Å². The largest absolute Gasteiger partial charge is 0.274 e. The molecule has 28 heavy (non-hydrogen) atoms. The third kappa shape index (κ3) is 4.15. The molecule has 3 aromatic carbocycles. The Balaban J connectivity index is 1.68. The van der Waals surface area contributed by atoms with Crippen molar-refractivity contribution >= 4 is 11.8 Å². The van der Waals surface area contributed by atoms with E-state index in [9.17, 15) is 4.39 Å². The molecular formula is C23H20FN3S. The van der Waals surface area contributed by atoms with Gasteiger partial charge in [0.05, 0.1) is 0 Å². The first kappa shape index (κ1) is 18.4. The quantitative estimate of drug-likeness (QED) is 0.402. The molecule has 5 heteroatoms. The normalized spacial score (nSPS) is 10.9. The number of hydrogen-bond acceptors (Lipinski definition) is 3. The summed E-state index contributed by atoms with van der Waals surface area (Å²) in [4.78, 5) is 0. The number of aromatic nitrogens is 3. The molecule has 0 aliphatic heterocycles. The minimum atomic E-state index is -0.193. The predicted molar refractivity (Wildman–Crippen MR) is 111 cm³/mol. The molecule has 0 bridgehead atoms. The predicted octanol–water partition coefficient (Wildman–Crippen LogP) is 5.60. The Morgan fingerprint density at radius 2 is 1.68 bits per heavy atom. The van der Waals surface area contributed by atoms with Crippen LogP contribution in [-0.2, 0) is 12.2 Å². The van der Waals surface area contributed by atoms with E-state index in [4.69, 9.17) is 0 Å². The molecule has 0 atom stereocenters. The van der Waals surface area contributed by atoms with Crippen LogP contribution in [-0.4, -0.2) is 14.8 Å². The van der Waals surface area contributed by atoms with Crippen molar-refractivity contribution in [2.45, 2.75) is 24.3 Å². The zero-order valence-electron chi connectivity index (χ0n) is 15.5. The molecule has 0 saturated carbocycles. The Bertz CT molecular complexity index is 1080. The van der Waals surface area contributed by atoms with Crippen LogP contribution in [0.15, 0.2) is 84.0 Å². The van der Waals surface area contributed by atoms with Crippen molar-refractivity contribution in [2.24, 2.45) is 0 Å². The van der Waals surface area contributed by atoms with Crippen LogP contribution in [0, 0.1) is 12.7 Å². The summed E-state index contributed by atoms with van der Waals surface area (Å²) in [6.45, 7) is 2.07. The summed E-state index contributed by atoms with van der Waals surface area (Å²) >= 11 is 1.50. The van der Waals surface area contributed by atoms with Crippen LogP contribution in [0.2, 0.25) is 0 Å². The molecule has 0 amide bonds. The zero-order chi connectivity index (χ0) is 19.3. The lowest BCUT2D eigenvalue weighted by Gasteiger charge is -2.11. The molecular weight excluding hydrogens is 369 g/mol. The summed E-state index contributed by atoms with van der Waals surface area (Å²) < 4.78 is 16.1. The van der Waals surface area contributed by atoms with Gasteiger partial charge in [-0.25, -0.2) is 4.39 Å². The van der Waals surface area contributed by atoms with Gasteiger partial charge in [0.2, 0.25) is 0 Å². The maximum Gasteiger partial charge on any atom is 0.196 e. The van der Waals surface area contributed by atoms with Gasteiger partial charge in [-0.15, -0.1) is 10.2 Å². The topological polar surface area (TPSA) is 30.7 Å². The Morgan fingerprint density at radius 1 is 0.893 bits per heavy atom. The van der Waals surface area contributed by atoms with Crippen LogP contribution < -0.4 is 0 Å². The van der Waals surface area contributed by atoms with Gasteiger partial charge in [0.15, 0.2) is 5.16 Å². The van der Waals surface area contributed by atoms with E-state index in [1.807, 2.05) is 30.3 Å². The summed E-state index contributed by atoms with van der Waals surface area (Å²) in [5, 5.41) is 9.63. The lowest BCUT2D eigenvalue weighted by atomic mass is 10.1. The molecule has 140 valence electrons. The molecule has 0 radical (unpaired) electrons. The number of thioether (sulfide) groups is 1. The second kappa shape index (κ2) is 8.40. The van der Waals surface area contributed by atoms with Crippen molar-refractivity contribution in [1.82, 2.24) is 14.8 Å². The Kier molecular flexibility index (Phi) is 5.53. The summed E-state index contributed by atoms with van der Waals surface area (Å²) in [5.41, 5.74) is 4.03. The zero-order valence-corrected chi connectivity index (χ0v) is 16.4. The van der Waals surface area contributed by atoms with E-state index in [0.29, 0.717) is 17.7 Å². The van der Waals surface area contributed by atoms with Crippen LogP contribution in [0.1, 0.15) is 22.5 Å². The molecule has 0 fully saturated rings. The van der Waals surface area contributed by atoms with Crippen molar-refractivity contribution in [2.75, 3.05) is 0 Å². The van der Waals surface area contributed by atoms with Crippen molar-refractivity contribution < 1.29 is 4.39 Å². The van der Waals surface area contributed by atoms with Gasteiger partial charge in [0.1, 0.15) is 11.6 Å². The van der Waals surface area contributed by atoms with Crippen molar-refractivity contribution in [3.63, 3.8) is 0 Å². The Morgan fingerprint density at radius 3 is 2.46 bits per heavy atom. The van der Waals surface area contributed by atoms with Gasteiger partial charge < -0.3 is 0 Å². The Labute approximate surface area is 168 Å². The maximum absolute atomic E-state index is 14.0. The number of benzene rings is 3. The smallest absolute Gasteiger partial charge is 0.196 e. The first-order valence-electron chi connectivity index (χ1n) is 9.12. The monoisotopic (exact) mass is 389 g/mol. The van der Waals surface area contributed by atoms with E-state index in [1.54, 1.807) is 12.1 Å². The molecule has 1 aromatic heterocycles. The Hall–Kier alpha value is -2.92. The van der Waals surface area contributed by atoms with Gasteiger partial charge in [0, 0.05) is 17.9 Å². The van der Waals surface area contributed by atoms with Gasteiger partial charge in [-0.3, -0.25) is 4.57 Å². The minimum absolute atomic E-state index is 0.193. The fraction of sp³-hybridized carbons (Fsp3) is 0.130. The van der Waals surface area contributed by atoms with Crippen LogP contribution in [0.25, 0.3) is 5.69 Å². The summed E-state index contributed by atoms with van der Waals surface area (Å²) in [5.74, 6) is 1.18. The maximum atomic E-state index is 14.0. The van der Waals surface area contributed by atoms with Crippen molar-refractivity contribution in [1.29, 1.82) is 0 Å². The highest BCUT2D eigenvalue weighted by molar-refractivity contribution is 7.98. The second-order valence-electron chi connectivity index (χ2n) is 6.62. The van der Waals surface area contributed by atoms with Crippen LogP contribution >= 0.6 is 11.8 Å². The van der Waals surface area contributed by atoms with Gasteiger partial charge >= 0.3 is 0 Å². The fourth-order valence-corrected chi connectivity index (χ4v) is 4.03. The van der Waals surface area contributed by atoms with Gasteiger partial charge in [-0.2, -0.15) is 0 Å². The first-order chi connectivity index (χ1) is 13.7. The number of nitrogens with zero attached hydrogens (tertiary/aromatic N) is 3. The molecule has 0 unspecified atom stereocenters. The van der Waals surface area contributed by atoms with Gasteiger partial charge in [0.25, 0.3) is 0 Å². The molecule has 3 nitrogen and oxygen atoms in total. The highest BCUT2D eigenvalue weighted by Gasteiger charge is 2.16. The van der Waals surface area contributed by atoms with E-state index < -0.39 is 0 Å². The average Bonchev–Trinajstić information content (AvgIpc) is 3.10. The van der Waals surface area contributed by atoms with E-state index in [0.717, 1.165) is 16.7 Å². The number of hydrogen-bond donors (Lipinski definition) is 0. The SMILES string of the molecule is Cc1cccc(-n2c(Cc3ccccc3)nnc2SCc2ccccc2F)c1. The van der Waals surface area contributed by atoms with Gasteiger partial charge in [-0.05, 0) is 41.8 Å². The third-order valence-electron chi connectivity index (χ3n) is 4.48. The molecule has 0 N–H and O–H groups in total. The lowest BCUT2D eigenvalue weighted by Crippen LogP contribution is -2.04. The highest BCUT2D eigenvalue weighted by Crippen LogP contribution is 2.27. The second-order valence-corrected chi connectivity index (χ2v) is 7.56. The molecule has 0 aliphatic carbocycles. The van der Waals surface area contributed by atoms with Crippen LogP contribution in [0.5, 0.6) is 0 Å². The summed E-state index contributed by atoms with van der Waals surface area (Å²) in [6.07, 6.45) is 0.683. The molecule has 0 saturated heterocycles. The standard InChI is InChI=1S/C23H20FN3S/c1-17-8-7-12-20(14-17)27-22(15-18-9-3-2-4-10-18)25-26-23(27)28-16-19-11-5-6-13-21(19)24/h2-14H,15-16H2,1H3. The molecule has 4 rings (SSSR count). The minimum Gasteiger partial charge on any atom is -0.274 e. The molecule has 0 spiro atoms. The lowest BCUT2D eigenvalue weighted by molar-refractivity contribution is 0.617. The van der Waals surface area contributed by atoms with Gasteiger partial charge in [-0.1, -0.05) is 72.4 Å². The number of aryl methyl sites for hydroxylation is 1. The fourth-order valence-electron chi connectivity index (χ4n) is 3.07. The molecule has 4 aromatic rings. The highest BCUT2D eigenvalue weighted by atomic mass is 32.2. The summed E-state index contributed by atoms with van der Waals surface area (Å²) in [7, 11) is 0. The van der Waals surface area contributed by atoms with Crippen LogP contribution in [0.3, 0.4) is 0 Å². The van der Waals surface area contributed by atoms with Crippen LogP contribution in [0.4, 0.5) is 4.39 Å². The number of rotatable bonds is 6. The van der Waals surface area contributed by atoms with Crippen molar-refractivity contribution in [3.8, 4) is 5.69 Å². The molecule has 0 aliphatic rings.